The predicted octanol–water partition coefficient (Wildman–Crippen LogP) is 2.14. The van der Waals surface area contributed by atoms with E-state index >= 15 is 0 Å². The van der Waals surface area contributed by atoms with Gasteiger partial charge in [-0.3, -0.25) is 4.79 Å². The quantitative estimate of drug-likeness (QED) is 0.887. The SMILES string of the molecule is CN(C)CCNC(=O)c1ccc(N(C)c2ccccc2)cn1. The molecule has 1 amide bonds. The maximum Gasteiger partial charge on any atom is 0.269 e. The second-order valence-corrected chi connectivity index (χ2v) is 5.36. The van der Waals surface area contributed by atoms with Crippen LogP contribution in [0.25, 0.3) is 0 Å². The molecule has 2 rings (SSSR count). The molecule has 0 unspecified atom stereocenters. The van der Waals surface area contributed by atoms with Gasteiger partial charge in [-0.15, -0.1) is 0 Å². The van der Waals surface area contributed by atoms with E-state index in [-0.39, 0.29) is 5.91 Å². The maximum absolute atomic E-state index is 12.0. The van der Waals surface area contributed by atoms with Crippen molar-refractivity contribution in [3.8, 4) is 0 Å². The van der Waals surface area contributed by atoms with Crippen LogP contribution >= 0.6 is 0 Å². The van der Waals surface area contributed by atoms with Crippen LogP contribution in [0.4, 0.5) is 11.4 Å². The Balaban J connectivity index is 1.99. The van der Waals surface area contributed by atoms with Crippen molar-refractivity contribution in [1.82, 2.24) is 15.2 Å². The average molecular weight is 298 g/mol. The van der Waals surface area contributed by atoms with Gasteiger partial charge >= 0.3 is 0 Å². The van der Waals surface area contributed by atoms with Crippen LogP contribution in [0, 0.1) is 0 Å². The Morgan fingerprint density at radius 2 is 1.77 bits per heavy atom. The second kappa shape index (κ2) is 7.56. The topological polar surface area (TPSA) is 48.5 Å². The third-order valence-electron chi connectivity index (χ3n) is 3.36. The standard InChI is InChI=1S/C17H22N4O/c1-20(2)12-11-18-17(22)16-10-9-15(13-19-16)21(3)14-7-5-4-6-8-14/h4-10,13H,11-12H2,1-3H3,(H,18,22). The van der Waals surface area contributed by atoms with Gasteiger partial charge in [0.1, 0.15) is 5.69 Å². The number of amides is 1. The largest absolute Gasteiger partial charge is 0.349 e. The number of carbonyl (C=O) groups is 1. The third-order valence-corrected chi connectivity index (χ3v) is 3.36. The van der Waals surface area contributed by atoms with Gasteiger partial charge in [-0.2, -0.15) is 0 Å². The summed E-state index contributed by atoms with van der Waals surface area (Å²) in [6.07, 6.45) is 1.72. The maximum atomic E-state index is 12.0. The smallest absolute Gasteiger partial charge is 0.269 e. The number of hydrogen-bond donors (Lipinski definition) is 1. The number of hydrogen-bond acceptors (Lipinski definition) is 4. The molecule has 116 valence electrons. The van der Waals surface area contributed by atoms with E-state index in [0.29, 0.717) is 12.2 Å². The summed E-state index contributed by atoms with van der Waals surface area (Å²) in [5.74, 6) is -0.143. The molecule has 0 saturated carbocycles. The number of pyridine rings is 1. The monoisotopic (exact) mass is 298 g/mol. The predicted molar refractivity (Wildman–Crippen MR) is 89.6 cm³/mol. The van der Waals surface area contributed by atoms with Gasteiger partial charge in [-0.1, -0.05) is 18.2 Å². The first-order valence-corrected chi connectivity index (χ1v) is 7.25. The van der Waals surface area contributed by atoms with Crippen LogP contribution < -0.4 is 10.2 Å². The van der Waals surface area contributed by atoms with Crippen molar-refractivity contribution in [2.24, 2.45) is 0 Å². The van der Waals surface area contributed by atoms with Crippen molar-refractivity contribution in [3.63, 3.8) is 0 Å². The molecule has 5 nitrogen and oxygen atoms in total. The fourth-order valence-electron chi connectivity index (χ4n) is 2.00. The highest BCUT2D eigenvalue weighted by atomic mass is 16.1. The van der Waals surface area contributed by atoms with E-state index < -0.39 is 0 Å². The van der Waals surface area contributed by atoms with Gasteiger partial charge in [0, 0.05) is 25.8 Å². The number of benzene rings is 1. The molecular weight excluding hydrogens is 276 g/mol. The Morgan fingerprint density at radius 3 is 2.36 bits per heavy atom. The molecule has 1 aromatic heterocycles. The van der Waals surface area contributed by atoms with Crippen molar-refractivity contribution in [1.29, 1.82) is 0 Å². The van der Waals surface area contributed by atoms with Gasteiger partial charge in [0.2, 0.25) is 0 Å². The fraction of sp³-hybridized carbons (Fsp3) is 0.294. The molecular formula is C17H22N4O. The van der Waals surface area contributed by atoms with Crippen LogP contribution in [-0.4, -0.2) is 50.0 Å². The Morgan fingerprint density at radius 1 is 1.05 bits per heavy atom. The number of anilines is 2. The molecule has 2 aromatic rings. The molecule has 1 N–H and O–H groups in total. The summed E-state index contributed by atoms with van der Waals surface area (Å²) in [5.41, 5.74) is 2.45. The number of nitrogens with zero attached hydrogens (tertiary/aromatic N) is 3. The lowest BCUT2D eigenvalue weighted by Crippen LogP contribution is -2.31. The Bertz CT molecular complexity index is 596. The lowest BCUT2D eigenvalue weighted by molar-refractivity contribution is 0.0946. The highest BCUT2D eigenvalue weighted by Gasteiger charge is 2.08. The van der Waals surface area contributed by atoms with Crippen molar-refractivity contribution in [2.45, 2.75) is 0 Å². The fourth-order valence-corrected chi connectivity index (χ4v) is 2.00. The van der Waals surface area contributed by atoms with E-state index in [2.05, 4.69) is 10.3 Å². The molecule has 22 heavy (non-hydrogen) atoms. The second-order valence-electron chi connectivity index (χ2n) is 5.36. The first kappa shape index (κ1) is 16.0. The van der Waals surface area contributed by atoms with Crippen molar-refractivity contribution < 1.29 is 4.79 Å². The lowest BCUT2D eigenvalue weighted by Gasteiger charge is -2.19. The normalized spacial score (nSPS) is 10.5. The lowest BCUT2D eigenvalue weighted by atomic mass is 10.2. The Kier molecular flexibility index (Phi) is 5.49. The van der Waals surface area contributed by atoms with Crippen molar-refractivity contribution in [3.05, 3.63) is 54.4 Å². The summed E-state index contributed by atoms with van der Waals surface area (Å²) in [5, 5.41) is 2.85. The number of aromatic nitrogens is 1. The van der Waals surface area contributed by atoms with Crippen LogP contribution in [0.5, 0.6) is 0 Å². The number of nitrogens with one attached hydrogen (secondary N) is 1. The number of rotatable bonds is 6. The summed E-state index contributed by atoms with van der Waals surface area (Å²) >= 11 is 0. The van der Waals surface area contributed by atoms with Crippen LogP contribution in [-0.2, 0) is 0 Å². The van der Waals surface area contributed by atoms with E-state index in [1.165, 1.54) is 0 Å². The summed E-state index contributed by atoms with van der Waals surface area (Å²) in [7, 11) is 5.92. The highest BCUT2D eigenvalue weighted by molar-refractivity contribution is 5.92. The molecule has 0 aliphatic rings. The zero-order valence-corrected chi connectivity index (χ0v) is 13.3. The summed E-state index contributed by atoms with van der Waals surface area (Å²) < 4.78 is 0. The first-order chi connectivity index (χ1) is 10.6. The number of carbonyl (C=O) groups excluding carboxylic acids is 1. The van der Waals surface area contributed by atoms with E-state index in [9.17, 15) is 4.79 Å². The molecule has 5 heteroatoms. The van der Waals surface area contributed by atoms with Gasteiger partial charge in [-0.25, -0.2) is 4.98 Å². The van der Waals surface area contributed by atoms with Gasteiger partial charge in [0.25, 0.3) is 5.91 Å². The zero-order valence-electron chi connectivity index (χ0n) is 13.3. The van der Waals surface area contributed by atoms with Crippen LogP contribution in [0.1, 0.15) is 10.5 Å². The summed E-state index contributed by atoms with van der Waals surface area (Å²) in [4.78, 5) is 20.3. The van der Waals surface area contributed by atoms with Gasteiger partial charge in [0.05, 0.1) is 11.9 Å². The molecule has 1 heterocycles. The van der Waals surface area contributed by atoms with E-state index in [1.54, 1.807) is 12.3 Å². The Labute approximate surface area is 131 Å². The molecule has 0 fully saturated rings. The highest BCUT2D eigenvalue weighted by Crippen LogP contribution is 2.22. The van der Waals surface area contributed by atoms with Gasteiger partial charge in [-0.05, 0) is 38.4 Å². The van der Waals surface area contributed by atoms with Crippen LogP contribution in [0.15, 0.2) is 48.7 Å². The minimum absolute atomic E-state index is 0.143. The van der Waals surface area contributed by atoms with Crippen molar-refractivity contribution in [2.75, 3.05) is 39.1 Å². The minimum atomic E-state index is -0.143. The molecule has 0 spiro atoms. The molecule has 0 atom stereocenters. The van der Waals surface area contributed by atoms with Gasteiger partial charge in [0.15, 0.2) is 0 Å². The van der Waals surface area contributed by atoms with Gasteiger partial charge < -0.3 is 15.1 Å². The molecule has 0 bridgehead atoms. The van der Waals surface area contributed by atoms with Crippen LogP contribution in [0.2, 0.25) is 0 Å². The Hall–Kier alpha value is -2.40. The average Bonchev–Trinajstić information content (AvgIpc) is 2.54. The zero-order chi connectivity index (χ0) is 15.9. The van der Waals surface area contributed by atoms with Crippen molar-refractivity contribution >= 4 is 17.3 Å². The summed E-state index contributed by atoms with van der Waals surface area (Å²) in [6, 6.07) is 13.7. The van der Waals surface area contributed by atoms with E-state index in [0.717, 1.165) is 17.9 Å². The first-order valence-electron chi connectivity index (χ1n) is 7.25. The van der Waals surface area contributed by atoms with E-state index in [4.69, 9.17) is 0 Å². The molecule has 0 aliphatic carbocycles. The van der Waals surface area contributed by atoms with E-state index in [1.807, 2.05) is 67.3 Å². The molecule has 1 aromatic carbocycles. The molecule has 0 aliphatic heterocycles. The molecule has 0 radical (unpaired) electrons. The minimum Gasteiger partial charge on any atom is -0.349 e. The number of para-hydroxylation sites is 1. The summed E-state index contributed by atoms with van der Waals surface area (Å²) in [6.45, 7) is 1.42. The number of likely N-dealkylation sites (N-methyl/N-ethyl adjacent to an activating group) is 1. The third kappa shape index (κ3) is 4.30. The van der Waals surface area contributed by atoms with Crippen LogP contribution in [0.3, 0.4) is 0 Å². The molecule has 0 saturated heterocycles.